The summed E-state index contributed by atoms with van der Waals surface area (Å²) in [6, 6.07) is 0. The minimum Gasteiger partial charge on any atom is -0.363 e. The SMILES string of the molecule is O=S1(=O)CCC(CNC(=S)NCCCCCCNC(=S)NCC2CCS(=O)(=O)C2)C1. The van der Waals surface area contributed by atoms with E-state index in [-0.39, 0.29) is 23.3 Å². The van der Waals surface area contributed by atoms with Crippen LogP contribution in [0.2, 0.25) is 0 Å². The first-order valence-corrected chi connectivity index (χ1v) is 15.1. The first kappa shape index (κ1) is 25.5. The molecule has 0 bridgehead atoms. The van der Waals surface area contributed by atoms with Gasteiger partial charge in [-0.05, 0) is 62.0 Å². The Morgan fingerprint density at radius 2 is 1.07 bits per heavy atom. The molecule has 0 aromatic heterocycles. The van der Waals surface area contributed by atoms with E-state index in [9.17, 15) is 16.8 Å². The Hall–Kier alpha value is -0.720. The molecule has 2 rings (SSSR count). The molecular formula is C18H34N4O4S4. The minimum absolute atomic E-state index is 0.161. The van der Waals surface area contributed by atoms with Crippen molar-refractivity contribution < 1.29 is 16.8 Å². The first-order chi connectivity index (χ1) is 14.2. The van der Waals surface area contributed by atoms with Crippen molar-refractivity contribution in [2.24, 2.45) is 11.8 Å². The molecule has 2 aliphatic rings. The van der Waals surface area contributed by atoms with Crippen molar-refractivity contribution in [2.45, 2.75) is 38.5 Å². The quantitative estimate of drug-likeness (QED) is 0.235. The van der Waals surface area contributed by atoms with Crippen molar-refractivity contribution in [1.82, 2.24) is 21.3 Å². The van der Waals surface area contributed by atoms with Crippen LogP contribution < -0.4 is 21.3 Å². The Balaban J connectivity index is 1.37. The molecule has 4 N–H and O–H groups in total. The van der Waals surface area contributed by atoms with Gasteiger partial charge < -0.3 is 21.3 Å². The molecule has 12 heteroatoms. The van der Waals surface area contributed by atoms with Crippen LogP contribution in [0.1, 0.15) is 38.5 Å². The number of nitrogens with one attached hydrogen (secondary N) is 4. The maximum atomic E-state index is 11.4. The third kappa shape index (κ3) is 10.5. The van der Waals surface area contributed by atoms with Crippen LogP contribution in [-0.2, 0) is 19.7 Å². The second kappa shape index (κ2) is 12.4. The fourth-order valence-electron chi connectivity index (χ4n) is 3.67. The molecule has 2 aliphatic heterocycles. The van der Waals surface area contributed by atoms with Gasteiger partial charge in [0.2, 0.25) is 0 Å². The van der Waals surface area contributed by atoms with Crippen molar-refractivity contribution in [3.63, 3.8) is 0 Å². The molecule has 0 amide bonds. The lowest BCUT2D eigenvalue weighted by atomic mass is 10.1. The predicted octanol–water partition coefficient (Wildman–Crippen LogP) is 0.344. The third-order valence-corrected chi connectivity index (χ3v) is 9.68. The maximum absolute atomic E-state index is 11.4. The van der Waals surface area contributed by atoms with E-state index < -0.39 is 19.7 Å². The minimum atomic E-state index is -2.84. The summed E-state index contributed by atoms with van der Waals surface area (Å²) in [5.74, 6) is 1.43. The molecule has 2 fully saturated rings. The topological polar surface area (TPSA) is 116 Å². The molecule has 0 aromatic carbocycles. The zero-order valence-corrected chi connectivity index (χ0v) is 20.6. The standard InChI is InChI=1S/C18H34N4O4S4/c23-29(24)9-5-15(13-29)11-21-17(27)19-7-3-1-2-4-8-20-18(28)22-12-16-6-10-30(25,26)14-16/h15-16H,1-14H2,(H2,19,21,27)(H2,20,22,28). The van der Waals surface area contributed by atoms with E-state index in [0.29, 0.717) is 47.7 Å². The fourth-order valence-corrected chi connectivity index (χ4v) is 7.77. The van der Waals surface area contributed by atoms with Gasteiger partial charge in [0.05, 0.1) is 23.0 Å². The third-order valence-electron chi connectivity index (χ3n) is 5.43. The highest BCUT2D eigenvalue weighted by Crippen LogP contribution is 2.17. The van der Waals surface area contributed by atoms with E-state index in [2.05, 4.69) is 21.3 Å². The van der Waals surface area contributed by atoms with Gasteiger partial charge >= 0.3 is 0 Å². The normalized spacial score (nSPS) is 24.3. The summed E-state index contributed by atoms with van der Waals surface area (Å²) >= 11 is 10.5. The van der Waals surface area contributed by atoms with Gasteiger partial charge in [-0.1, -0.05) is 12.8 Å². The lowest BCUT2D eigenvalue weighted by Crippen LogP contribution is -2.39. The van der Waals surface area contributed by atoms with Gasteiger partial charge in [-0.15, -0.1) is 0 Å². The van der Waals surface area contributed by atoms with Gasteiger partial charge in [0.15, 0.2) is 29.9 Å². The van der Waals surface area contributed by atoms with Gasteiger partial charge in [0.25, 0.3) is 0 Å². The van der Waals surface area contributed by atoms with Crippen LogP contribution in [0.25, 0.3) is 0 Å². The smallest absolute Gasteiger partial charge is 0.166 e. The van der Waals surface area contributed by atoms with Gasteiger partial charge in [-0.25, -0.2) is 16.8 Å². The molecule has 2 atom stereocenters. The number of thiocarbonyl (C=S) groups is 2. The van der Waals surface area contributed by atoms with E-state index in [0.717, 1.165) is 38.8 Å². The predicted molar refractivity (Wildman–Crippen MR) is 129 cm³/mol. The van der Waals surface area contributed by atoms with E-state index in [4.69, 9.17) is 24.4 Å². The lowest BCUT2D eigenvalue weighted by Gasteiger charge is -2.14. The summed E-state index contributed by atoms with van der Waals surface area (Å²) in [6.07, 6.45) is 5.62. The average molecular weight is 499 g/mol. The van der Waals surface area contributed by atoms with Gasteiger partial charge in [0.1, 0.15) is 0 Å². The van der Waals surface area contributed by atoms with Crippen LogP contribution in [0.5, 0.6) is 0 Å². The monoisotopic (exact) mass is 498 g/mol. The molecule has 2 unspecified atom stereocenters. The zero-order chi connectivity index (χ0) is 22.0. The molecule has 0 spiro atoms. The molecule has 2 heterocycles. The van der Waals surface area contributed by atoms with Gasteiger partial charge in [-0.2, -0.15) is 0 Å². The first-order valence-electron chi connectivity index (χ1n) is 10.6. The fraction of sp³-hybridized carbons (Fsp3) is 0.889. The van der Waals surface area contributed by atoms with E-state index in [1.54, 1.807) is 0 Å². The second-order valence-corrected chi connectivity index (χ2v) is 13.5. The average Bonchev–Trinajstić information content (AvgIpc) is 3.21. The van der Waals surface area contributed by atoms with Crippen LogP contribution in [0.15, 0.2) is 0 Å². The molecule has 174 valence electrons. The number of unbranched alkanes of at least 4 members (excludes halogenated alkanes) is 3. The van der Waals surface area contributed by atoms with Crippen molar-refractivity contribution in [3.05, 3.63) is 0 Å². The van der Waals surface area contributed by atoms with Crippen molar-refractivity contribution in [1.29, 1.82) is 0 Å². The van der Waals surface area contributed by atoms with Crippen LogP contribution in [0.4, 0.5) is 0 Å². The summed E-state index contributed by atoms with van der Waals surface area (Å²) in [6.45, 7) is 2.82. The molecule has 0 aromatic rings. The highest BCUT2D eigenvalue weighted by molar-refractivity contribution is 7.91. The number of rotatable bonds is 11. The maximum Gasteiger partial charge on any atom is 0.166 e. The largest absolute Gasteiger partial charge is 0.363 e. The summed E-state index contributed by atoms with van der Waals surface area (Å²) < 4.78 is 45.8. The summed E-state index contributed by atoms with van der Waals surface area (Å²) in [5.41, 5.74) is 0. The van der Waals surface area contributed by atoms with E-state index in [1.807, 2.05) is 0 Å². The Morgan fingerprint density at radius 1 is 0.667 bits per heavy atom. The Labute approximate surface area is 191 Å². The summed E-state index contributed by atoms with van der Waals surface area (Å²) in [7, 11) is -5.67. The molecule has 0 saturated carbocycles. The second-order valence-electron chi connectivity index (χ2n) is 8.23. The van der Waals surface area contributed by atoms with Crippen LogP contribution in [0, 0.1) is 11.8 Å². The number of sulfone groups is 2. The molecular weight excluding hydrogens is 464 g/mol. The molecule has 30 heavy (non-hydrogen) atoms. The van der Waals surface area contributed by atoms with Crippen molar-refractivity contribution in [3.8, 4) is 0 Å². The van der Waals surface area contributed by atoms with Crippen molar-refractivity contribution >= 4 is 54.3 Å². The van der Waals surface area contributed by atoms with Gasteiger partial charge in [-0.3, -0.25) is 0 Å². The van der Waals surface area contributed by atoms with E-state index in [1.165, 1.54) is 0 Å². The van der Waals surface area contributed by atoms with Crippen LogP contribution in [0.3, 0.4) is 0 Å². The van der Waals surface area contributed by atoms with Crippen LogP contribution in [-0.4, -0.2) is 76.3 Å². The molecule has 0 radical (unpaired) electrons. The number of hydrogen-bond acceptors (Lipinski definition) is 6. The van der Waals surface area contributed by atoms with Gasteiger partial charge in [0, 0.05) is 26.2 Å². The Kier molecular flexibility index (Phi) is 10.5. The summed E-state index contributed by atoms with van der Waals surface area (Å²) in [4.78, 5) is 0. The molecule has 0 aliphatic carbocycles. The lowest BCUT2D eigenvalue weighted by molar-refractivity contribution is 0.564. The highest BCUT2D eigenvalue weighted by Gasteiger charge is 2.28. The van der Waals surface area contributed by atoms with Crippen molar-refractivity contribution in [2.75, 3.05) is 49.2 Å². The zero-order valence-electron chi connectivity index (χ0n) is 17.3. The molecule has 8 nitrogen and oxygen atoms in total. The molecule has 2 saturated heterocycles. The highest BCUT2D eigenvalue weighted by atomic mass is 32.2. The van der Waals surface area contributed by atoms with Crippen LogP contribution >= 0.6 is 24.4 Å². The Morgan fingerprint density at radius 3 is 1.40 bits per heavy atom. The van der Waals surface area contributed by atoms with E-state index >= 15 is 0 Å². The number of hydrogen-bond donors (Lipinski definition) is 4. The summed E-state index contributed by atoms with van der Waals surface area (Å²) in [5, 5.41) is 13.7. The Bertz CT molecular complexity index is 720.